The smallest absolute Gasteiger partial charge is 0.127 e. The first-order valence-electron chi connectivity index (χ1n) is 10.4. The number of nitrogens with one attached hydrogen (secondary N) is 2. The summed E-state index contributed by atoms with van der Waals surface area (Å²) in [4.78, 5) is 6.32. The zero-order chi connectivity index (χ0) is 18.8. The molecule has 160 valence electrons. The van der Waals surface area contributed by atoms with Crippen LogP contribution in [0.5, 0.6) is 0 Å². The Hall–Kier alpha value is -0.420. The lowest BCUT2D eigenvalue weighted by atomic mass is 9.87. The van der Waals surface area contributed by atoms with Crippen LogP contribution in [0.4, 0.5) is 0 Å². The number of piperazine rings is 1. The highest BCUT2D eigenvalue weighted by molar-refractivity contribution is 7.99. The Morgan fingerprint density at radius 3 is 2.38 bits per heavy atom. The van der Waals surface area contributed by atoms with Crippen LogP contribution in [0.3, 0.4) is 0 Å². The van der Waals surface area contributed by atoms with E-state index in [2.05, 4.69) is 56.3 Å². The van der Waals surface area contributed by atoms with E-state index in [9.17, 15) is 0 Å². The average Bonchev–Trinajstić information content (AvgIpc) is 2.67. The molecule has 0 amide bonds. The van der Waals surface area contributed by atoms with E-state index in [1.165, 1.54) is 66.5 Å². The Kier molecular flexibility index (Phi) is 9.66. The highest BCUT2D eigenvalue weighted by Crippen LogP contribution is 2.47. The monoisotopic (exact) mass is 472 g/mol. The lowest BCUT2D eigenvalue weighted by Crippen LogP contribution is -3.29. The molecule has 2 aromatic carbocycles. The maximum atomic E-state index is 6.27. The molecule has 2 aliphatic heterocycles. The van der Waals surface area contributed by atoms with Crippen LogP contribution in [0.25, 0.3) is 0 Å². The highest BCUT2D eigenvalue weighted by atomic mass is 35.5. The van der Waals surface area contributed by atoms with Gasteiger partial charge in [0, 0.05) is 20.7 Å². The number of fused-ring (bicyclic) bond motifs is 2. The van der Waals surface area contributed by atoms with Crippen LogP contribution in [-0.2, 0) is 0 Å². The fraction of sp³-hybridized carbons (Fsp3) is 0.478. The minimum absolute atomic E-state index is 0. The van der Waals surface area contributed by atoms with Crippen LogP contribution < -0.4 is 34.6 Å². The maximum absolute atomic E-state index is 6.27. The molecule has 0 aromatic heterocycles. The lowest BCUT2D eigenvalue weighted by molar-refractivity contribution is -1.02. The second-order valence-electron chi connectivity index (χ2n) is 8.33. The van der Waals surface area contributed by atoms with E-state index in [0.29, 0.717) is 5.92 Å². The third kappa shape index (κ3) is 5.84. The molecule has 0 aliphatic carbocycles. The molecule has 1 saturated heterocycles. The normalized spacial score (nSPS) is 22.8. The fourth-order valence-corrected chi connectivity index (χ4v) is 6.11. The van der Waals surface area contributed by atoms with E-state index < -0.39 is 0 Å². The van der Waals surface area contributed by atoms with Crippen molar-refractivity contribution < 1.29 is 34.6 Å². The first kappa shape index (κ1) is 24.8. The Labute approximate surface area is 197 Å². The Morgan fingerprint density at radius 2 is 1.66 bits per heavy atom. The Bertz CT molecular complexity index is 791. The van der Waals surface area contributed by atoms with Crippen molar-refractivity contribution in [1.82, 2.24) is 0 Å². The molecule has 6 heteroatoms. The minimum atomic E-state index is 0. The standard InChI is InChI=1S/C23H29ClN2S.2ClH/c1-17(2)26-14-12-25(13-15-26)11-5-7-19-20-6-3-4-8-22(20)27-23-16-18(24)9-10-21(19)23;;/h3-4,6,8-10,16-17,19H,5,7,11-15H2,1-2H3;2*1H. The molecule has 2 aliphatic rings. The summed E-state index contributed by atoms with van der Waals surface area (Å²) < 4.78 is 0. The quantitative estimate of drug-likeness (QED) is 0.468. The van der Waals surface area contributed by atoms with Crippen LogP contribution in [-0.4, -0.2) is 38.8 Å². The van der Waals surface area contributed by atoms with Crippen molar-refractivity contribution >= 4 is 23.4 Å². The van der Waals surface area contributed by atoms with Gasteiger partial charge in [0.25, 0.3) is 0 Å². The molecule has 2 N–H and O–H groups in total. The van der Waals surface area contributed by atoms with Gasteiger partial charge in [-0.05, 0) is 56.0 Å². The summed E-state index contributed by atoms with van der Waals surface area (Å²) in [7, 11) is 0. The Balaban J connectivity index is 0.00000150. The van der Waals surface area contributed by atoms with E-state index >= 15 is 0 Å². The van der Waals surface area contributed by atoms with E-state index in [-0.39, 0.29) is 24.8 Å². The van der Waals surface area contributed by atoms with Crippen molar-refractivity contribution in [2.75, 3.05) is 32.7 Å². The van der Waals surface area contributed by atoms with Crippen LogP contribution in [0.1, 0.15) is 43.7 Å². The number of quaternary nitrogens is 2. The SMILES string of the molecule is CC(C)[NH+]1CC[NH+](CCCC2c3ccccc3Sc3cc(Cl)ccc32)CC1.[Cl-].[Cl-]. The fourth-order valence-electron chi connectivity index (χ4n) is 4.65. The summed E-state index contributed by atoms with van der Waals surface area (Å²) in [6, 6.07) is 16.1. The molecule has 29 heavy (non-hydrogen) atoms. The molecule has 4 rings (SSSR count). The third-order valence-electron chi connectivity index (χ3n) is 6.30. The number of hydrogen-bond acceptors (Lipinski definition) is 1. The van der Waals surface area contributed by atoms with Gasteiger partial charge in [-0.15, -0.1) is 0 Å². The van der Waals surface area contributed by atoms with E-state index in [0.717, 1.165) is 11.1 Å². The van der Waals surface area contributed by atoms with E-state index in [1.54, 1.807) is 9.80 Å². The average molecular weight is 474 g/mol. The van der Waals surface area contributed by atoms with Crippen molar-refractivity contribution in [3.8, 4) is 0 Å². The molecule has 1 fully saturated rings. The molecule has 2 heterocycles. The predicted molar refractivity (Wildman–Crippen MR) is 114 cm³/mol. The van der Waals surface area contributed by atoms with Gasteiger partial charge in [-0.2, -0.15) is 0 Å². The van der Waals surface area contributed by atoms with Gasteiger partial charge in [-0.25, -0.2) is 0 Å². The predicted octanol–water partition coefficient (Wildman–Crippen LogP) is -3.08. The van der Waals surface area contributed by atoms with Crippen molar-refractivity contribution in [3.05, 3.63) is 58.6 Å². The van der Waals surface area contributed by atoms with Crippen LogP contribution in [0.2, 0.25) is 5.02 Å². The molecule has 2 nitrogen and oxygen atoms in total. The van der Waals surface area contributed by atoms with Crippen molar-refractivity contribution in [2.24, 2.45) is 0 Å². The van der Waals surface area contributed by atoms with Crippen molar-refractivity contribution in [1.29, 1.82) is 0 Å². The minimum Gasteiger partial charge on any atom is -1.00 e. The second-order valence-corrected chi connectivity index (χ2v) is 9.85. The van der Waals surface area contributed by atoms with Gasteiger partial charge in [-0.3, -0.25) is 0 Å². The van der Waals surface area contributed by atoms with Crippen molar-refractivity contribution in [2.45, 2.75) is 48.4 Å². The summed E-state index contributed by atoms with van der Waals surface area (Å²) in [5.74, 6) is 0.511. The maximum Gasteiger partial charge on any atom is 0.127 e. The van der Waals surface area contributed by atoms with Gasteiger partial charge in [0.1, 0.15) is 26.2 Å². The van der Waals surface area contributed by atoms with Crippen LogP contribution >= 0.6 is 23.4 Å². The molecule has 0 saturated carbocycles. The number of rotatable bonds is 5. The zero-order valence-electron chi connectivity index (χ0n) is 17.2. The number of halogens is 3. The summed E-state index contributed by atoms with van der Waals surface area (Å²) in [5.41, 5.74) is 2.97. The molecule has 0 radical (unpaired) electrons. The summed E-state index contributed by atoms with van der Waals surface area (Å²) >= 11 is 8.15. The molecule has 2 aromatic rings. The second kappa shape index (κ2) is 11.3. The molecular weight excluding hydrogens is 443 g/mol. The summed E-state index contributed by atoms with van der Waals surface area (Å²) in [6.07, 6.45) is 2.52. The van der Waals surface area contributed by atoms with Crippen molar-refractivity contribution in [3.63, 3.8) is 0 Å². The molecule has 1 unspecified atom stereocenters. The van der Waals surface area contributed by atoms with Crippen LogP contribution in [0, 0.1) is 0 Å². The largest absolute Gasteiger partial charge is 1.00 e. The summed E-state index contributed by atoms with van der Waals surface area (Å²) in [5, 5.41) is 0.842. The van der Waals surface area contributed by atoms with Gasteiger partial charge >= 0.3 is 0 Å². The van der Waals surface area contributed by atoms with Gasteiger partial charge in [-0.1, -0.05) is 47.6 Å². The lowest BCUT2D eigenvalue weighted by Gasteiger charge is -2.32. The topological polar surface area (TPSA) is 8.88 Å². The zero-order valence-corrected chi connectivity index (χ0v) is 20.3. The molecule has 0 spiro atoms. The molecular formula is C23H31Cl3N2S. The first-order chi connectivity index (χ1) is 13.1. The third-order valence-corrected chi connectivity index (χ3v) is 7.70. The first-order valence-corrected chi connectivity index (χ1v) is 11.6. The molecule has 1 atom stereocenters. The van der Waals surface area contributed by atoms with E-state index in [1.807, 2.05) is 11.8 Å². The summed E-state index contributed by atoms with van der Waals surface area (Å²) in [6.45, 7) is 11.3. The van der Waals surface area contributed by atoms with E-state index in [4.69, 9.17) is 11.6 Å². The highest BCUT2D eigenvalue weighted by Gasteiger charge is 2.28. The molecule has 0 bridgehead atoms. The van der Waals surface area contributed by atoms with Gasteiger partial charge < -0.3 is 34.6 Å². The van der Waals surface area contributed by atoms with Gasteiger partial charge in [0.2, 0.25) is 0 Å². The number of benzene rings is 2. The van der Waals surface area contributed by atoms with Crippen LogP contribution in [0.15, 0.2) is 52.3 Å². The van der Waals surface area contributed by atoms with Gasteiger partial charge in [0.05, 0.1) is 12.6 Å². The Morgan fingerprint density at radius 1 is 0.966 bits per heavy atom. The number of hydrogen-bond donors (Lipinski definition) is 2. The van der Waals surface area contributed by atoms with Gasteiger partial charge in [0.15, 0.2) is 0 Å².